The Morgan fingerprint density at radius 3 is 3.08 bits per heavy atom. The molecule has 0 radical (unpaired) electrons. The Balaban J connectivity index is 2.17. The van der Waals surface area contributed by atoms with Crippen LogP contribution >= 0.6 is 21.6 Å². The fourth-order valence-electron chi connectivity index (χ4n) is 0.635. The van der Waals surface area contributed by atoms with Crippen molar-refractivity contribution >= 4 is 27.6 Å². The lowest BCUT2D eigenvalue weighted by molar-refractivity contribution is -0.136. The minimum atomic E-state index is -0.751. The summed E-state index contributed by atoms with van der Waals surface area (Å²) in [5.41, 5.74) is 0. The highest BCUT2D eigenvalue weighted by Gasteiger charge is 1.98. The maximum Gasteiger partial charge on any atom is 0.304 e. The van der Waals surface area contributed by atoms with Gasteiger partial charge in [0.05, 0.1) is 6.42 Å². The molecule has 0 aliphatic rings. The molecule has 0 aliphatic carbocycles. The van der Waals surface area contributed by atoms with Crippen LogP contribution in [0.3, 0.4) is 0 Å². The van der Waals surface area contributed by atoms with Gasteiger partial charge < -0.3 is 5.11 Å². The molecule has 1 rings (SSSR count). The number of aromatic nitrogens is 1. The first-order chi connectivity index (χ1) is 6.29. The van der Waals surface area contributed by atoms with E-state index < -0.39 is 5.97 Å². The molecule has 0 unspecified atom stereocenters. The first kappa shape index (κ1) is 10.4. The maximum absolute atomic E-state index is 10.2. The Labute approximate surface area is 84.3 Å². The normalized spacial score (nSPS) is 9.85. The number of carboxylic acid groups (broad SMARTS) is 1. The smallest absolute Gasteiger partial charge is 0.304 e. The maximum atomic E-state index is 10.2. The lowest BCUT2D eigenvalue weighted by Crippen LogP contribution is -1.94. The zero-order valence-electron chi connectivity index (χ0n) is 6.84. The van der Waals surface area contributed by atoms with Crippen LogP contribution in [0.25, 0.3) is 0 Å². The summed E-state index contributed by atoms with van der Waals surface area (Å²) in [6.07, 6.45) is 3.68. The van der Waals surface area contributed by atoms with E-state index >= 15 is 0 Å². The highest BCUT2D eigenvalue weighted by atomic mass is 33.1. The van der Waals surface area contributed by atoms with Crippen LogP contribution in [0, 0.1) is 0 Å². The largest absolute Gasteiger partial charge is 0.481 e. The Morgan fingerprint density at radius 1 is 1.62 bits per heavy atom. The van der Waals surface area contributed by atoms with Crippen LogP contribution < -0.4 is 0 Å². The molecule has 0 saturated heterocycles. The van der Waals surface area contributed by atoms with E-state index in [0.717, 1.165) is 4.90 Å². The van der Waals surface area contributed by atoms with Crippen molar-refractivity contribution in [2.24, 2.45) is 0 Å². The van der Waals surface area contributed by atoms with E-state index in [-0.39, 0.29) is 6.42 Å². The van der Waals surface area contributed by atoms with E-state index in [9.17, 15) is 4.79 Å². The summed E-state index contributed by atoms with van der Waals surface area (Å²) < 4.78 is 0. The second-order valence-corrected chi connectivity index (χ2v) is 4.73. The number of hydrogen-bond acceptors (Lipinski definition) is 4. The third-order valence-electron chi connectivity index (χ3n) is 1.19. The molecule has 5 heteroatoms. The Kier molecular flexibility index (Phi) is 4.70. The molecular weight excluding hydrogens is 206 g/mol. The van der Waals surface area contributed by atoms with Crippen molar-refractivity contribution in [2.45, 2.75) is 11.3 Å². The van der Waals surface area contributed by atoms with Gasteiger partial charge in [0, 0.05) is 23.0 Å². The summed E-state index contributed by atoms with van der Waals surface area (Å²) in [6.45, 7) is 0. The number of pyridine rings is 1. The second kappa shape index (κ2) is 5.88. The number of rotatable bonds is 5. The summed E-state index contributed by atoms with van der Waals surface area (Å²) in [5, 5.41) is 8.38. The van der Waals surface area contributed by atoms with Gasteiger partial charge in [-0.05, 0) is 12.1 Å². The predicted octanol–water partition coefficient (Wildman–Crippen LogP) is 2.30. The number of hydrogen-bond donors (Lipinski definition) is 1. The number of nitrogens with zero attached hydrogens (tertiary/aromatic N) is 1. The van der Waals surface area contributed by atoms with Crippen molar-refractivity contribution in [3.05, 3.63) is 24.5 Å². The molecule has 0 aromatic carbocycles. The van der Waals surface area contributed by atoms with Gasteiger partial charge >= 0.3 is 5.97 Å². The summed E-state index contributed by atoms with van der Waals surface area (Å²) in [4.78, 5) is 15.2. The minimum Gasteiger partial charge on any atom is -0.481 e. The van der Waals surface area contributed by atoms with Gasteiger partial charge in [0.25, 0.3) is 0 Å². The van der Waals surface area contributed by atoms with Gasteiger partial charge in [-0.15, -0.1) is 0 Å². The molecule has 13 heavy (non-hydrogen) atoms. The van der Waals surface area contributed by atoms with Gasteiger partial charge in [0.2, 0.25) is 0 Å². The van der Waals surface area contributed by atoms with Crippen LogP contribution in [0.4, 0.5) is 0 Å². The molecule has 0 bridgehead atoms. The van der Waals surface area contributed by atoms with Gasteiger partial charge in [0.1, 0.15) is 0 Å². The fourth-order valence-corrected chi connectivity index (χ4v) is 2.55. The topological polar surface area (TPSA) is 50.2 Å². The highest BCUT2D eigenvalue weighted by Crippen LogP contribution is 2.30. The third kappa shape index (κ3) is 4.80. The average Bonchev–Trinajstić information content (AvgIpc) is 2.14. The molecule has 1 heterocycles. The van der Waals surface area contributed by atoms with Crippen molar-refractivity contribution in [3.63, 3.8) is 0 Å². The standard InChI is InChI=1S/C8H9NO2S2/c10-8(11)3-5-12-13-7-2-1-4-9-6-7/h1-2,4,6H,3,5H2,(H,10,11). The van der Waals surface area contributed by atoms with Crippen LogP contribution in [0.15, 0.2) is 29.4 Å². The molecule has 0 fully saturated rings. The van der Waals surface area contributed by atoms with Crippen LogP contribution in [0.5, 0.6) is 0 Å². The summed E-state index contributed by atoms with van der Waals surface area (Å²) >= 11 is 0. The van der Waals surface area contributed by atoms with Gasteiger partial charge in [-0.3, -0.25) is 9.78 Å². The third-order valence-corrected chi connectivity index (χ3v) is 3.54. The van der Waals surface area contributed by atoms with Crippen molar-refractivity contribution in [1.29, 1.82) is 0 Å². The van der Waals surface area contributed by atoms with Crippen LogP contribution in [0.2, 0.25) is 0 Å². The summed E-state index contributed by atoms with van der Waals surface area (Å²) in [6, 6.07) is 3.81. The molecule has 0 atom stereocenters. The van der Waals surface area contributed by atoms with Gasteiger partial charge in [-0.1, -0.05) is 21.6 Å². The van der Waals surface area contributed by atoms with E-state index in [1.165, 1.54) is 10.8 Å². The lowest BCUT2D eigenvalue weighted by Gasteiger charge is -1.97. The van der Waals surface area contributed by atoms with Gasteiger partial charge in [-0.2, -0.15) is 0 Å². The van der Waals surface area contributed by atoms with Gasteiger partial charge in [0.15, 0.2) is 0 Å². The van der Waals surface area contributed by atoms with Crippen LogP contribution in [-0.4, -0.2) is 21.8 Å². The van der Waals surface area contributed by atoms with E-state index in [1.54, 1.807) is 23.2 Å². The average molecular weight is 215 g/mol. The van der Waals surface area contributed by atoms with Gasteiger partial charge in [-0.25, -0.2) is 0 Å². The van der Waals surface area contributed by atoms with Crippen LogP contribution in [-0.2, 0) is 4.79 Å². The number of carbonyl (C=O) groups is 1. The fraction of sp³-hybridized carbons (Fsp3) is 0.250. The Morgan fingerprint density at radius 2 is 2.46 bits per heavy atom. The molecule has 1 aromatic rings. The first-order valence-corrected chi connectivity index (χ1v) is 6.02. The van der Waals surface area contributed by atoms with E-state index in [4.69, 9.17) is 5.11 Å². The van der Waals surface area contributed by atoms with E-state index in [2.05, 4.69) is 4.98 Å². The molecule has 0 saturated carbocycles. The SMILES string of the molecule is O=C(O)CCSSc1cccnc1. The summed E-state index contributed by atoms with van der Waals surface area (Å²) in [5.74, 6) is -0.131. The molecule has 1 N–H and O–H groups in total. The quantitative estimate of drug-likeness (QED) is 0.603. The molecular formula is C8H9NO2S2. The molecule has 70 valence electrons. The highest BCUT2D eigenvalue weighted by molar-refractivity contribution is 8.76. The van der Waals surface area contributed by atoms with E-state index in [0.29, 0.717) is 5.75 Å². The number of aliphatic carboxylic acids is 1. The van der Waals surface area contributed by atoms with Crippen molar-refractivity contribution in [3.8, 4) is 0 Å². The lowest BCUT2D eigenvalue weighted by atomic mass is 10.5. The Bertz CT molecular complexity index is 266. The van der Waals surface area contributed by atoms with Crippen molar-refractivity contribution in [2.75, 3.05) is 5.75 Å². The van der Waals surface area contributed by atoms with Crippen molar-refractivity contribution < 1.29 is 9.90 Å². The Hall–Kier alpha value is -0.680. The van der Waals surface area contributed by atoms with Crippen LogP contribution in [0.1, 0.15) is 6.42 Å². The molecule has 0 amide bonds. The van der Waals surface area contributed by atoms with E-state index in [1.807, 2.05) is 12.1 Å². The molecule has 1 aromatic heterocycles. The first-order valence-electron chi connectivity index (χ1n) is 3.70. The zero-order valence-corrected chi connectivity index (χ0v) is 8.48. The number of carboxylic acids is 1. The summed E-state index contributed by atoms with van der Waals surface area (Å²) in [7, 11) is 3.08. The second-order valence-electron chi connectivity index (χ2n) is 2.24. The van der Waals surface area contributed by atoms with Crippen molar-refractivity contribution in [1.82, 2.24) is 4.98 Å². The molecule has 3 nitrogen and oxygen atoms in total. The molecule has 0 spiro atoms. The monoisotopic (exact) mass is 215 g/mol. The predicted molar refractivity (Wildman–Crippen MR) is 54.8 cm³/mol. The zero-order chi connectivity index (χ0) is 9.52. The molecule has 0 aliphatic heterocycles. The minimum absolute atomic E-state index is 0.206.